The van der Waals surface area contributed by atoms with E-state index in [0.717, 1.165) is 76.6 Å². The summed E-state index contributed by atoms with van der Waals surface area (Å²) in [4.78, 5) is 29.0. The average Bonchev–Trinajstić information content (AvgIpc) is 3.20. The van der Waals surface area contributed by atoms with Crippen LogP contribution in [0.3, 0.4) is 0 Å². The van der Waals surface area contributed by atoms with Crippen molar-refractivity contribution in [3.05, 3.63) is 35.9 Å². The minimum atomic E-state index is -0.868. The monoisotopic (exact) mass is 450 g/mol. The minimum absolute atomic E-state index is 0. The molecule has 1 spiro atoms. The van der Waals surface area contributed by atoms with Crippen LogP contribution in [0.15, 0.2) is 30.3 Å². The van der Waals surface area contributed by atoms with Crippen LogP contribution in [-0.4, -0.2) is 47.8 Å². The van der Waals surface area contributed by atoms with E-state index < -0.39 is 6.17 Å². The maximum atomic E-state index is 14.8. The molecule has 4 rings (SSSR count). The molecule has 3 aliphatic rings. The van der Waals surface area contributed by atoms with E-state index in [2.05, 4.69) is 4.90 Å². The number of nitrogens with zero attached hydrogens (tertiary/aromatic N) is 2. The van der Waals surface area contributed by atoms with E-state index in [0.29, 0.717) is 19.4 Å². The van der Waals surface area contributed by atoms with E-state index in [4.69, 9.17) is 0 Å². The number of hydrogen-bond acceptors (Lipinski definition) is 3. The molecule has 1 unspecified atom stereocenters. The summed E-state index contributed by atoms with van der Waals surface area (Å²) in [6.07, 6.45) is 8.28. The second kappa shape index (κ2) is 10.9. The number of imide groups is 1. The van der Waals surface area contributed by atoms with Crippen molar-refractivity contribution in [1.29, 1.82) is 0 Å². The predicted molar refractivity (Wildman–Crippen MR) is 123 cm³/mol. The molecule has 6 heteroatoms. The summed E-state index contributed by atoms with van der Waals surface area (Å²) in [5.74, 6) is 0.197. The Hall–Kier alpha value is -1.46. The average molecular weight is 451 g/mol. The van der Waals surface area contributed by atoms with Crippen molar-refractivity contribution in [3.63, 3.8) is 0 Å². The molecular formula is C25H36ClFN2O2. The highest BCUT2D eigenvalue weighted by Crippen LogP contribution is 2.46. The third kappa shape index (κ3) is 5.87. The molecule has 31 heavy (non-hydrogen) atoms. The summed E-state index contributed by atoms with van der Waals surface area (Å²) in [6, 6.07) is 9.51. The molecule has 1 aliphatic carbocycles. The van der Waals surface area contributed by atoms with E-state index in [1.807, 2.05) is 30.3 Å². The molecule has 1 aromatic carbocycles. The Bertz CT molecular complexity index is 710. The van der Waals surface area contributed by atoms with Crippen LogP contribution in [0.5, 0.6) is 0 Å². The van der Waals surface area contributed by atoms with Crippen LogP contribution in [0.25, 0.3) is 0 Å². The van der Waals surface area contributed by atoms with E-state index >= 15 is 0 Å². The molecule has 0 aromatic heterocycles. The second-order valence-electron chi connectivity index (χ2n) is 9.70. The molecule has 0 radical (unpaired) electrons. The lowest BCUT2D eigenvalue weighted by molar-refractivity contribution is -0.153. The number of piperidine rings is 2. The lowest BCUT2D eigenvalue weighted by atomic mass is 9.76. The van der Waals surface area contributed by atoms with E-state index in [1.165, 1.54) is 4.90 Å². The van der Waals surface area contributed by atoms with Gasteiger partial charge in [0.15, 0.2) is 0 Å². The summed E-state index contributed by atoms with van der Waals surface area (Å²) in [6.45, 7) is 3.39. The summed E-state index contributed by atoms with van der Waals surface area (Å²) in [7, 11) is 0. The number of benzene rings is 1. The van der Waals surface area contributed by atoms with Gasteiger partial charge in [0.2, 0.25) is 11.8 Å². The molecule has 3 fully saturated rings. The number of unbranched alkanes of at least 4 members (excludes halogenated alkanes) is 1. The maximum absolute atomic E-state index is 14.8. The second-order valence-corrected chi connectivity index (χ2v) is 9.70. The van der Waals surface area contributed by atoms with Gasteiger partial charge in [-0.3, -0.25) is 14.5 Å². The van der Waals surface area contributed by atoms with Gasteiger partial charge >= 0.3 is 0 Å². The van der Waals surface area contributed by atoms with E-state index in [1.54, 1.807) is 0 Å². The Labute approximate surface area is 192 Å². The lowest BCUT2D eigenvalue weighted by Crippen LogP contribution is -2.47. The van der Waals surface area contributed by atoms with Crippen molar-refractivity contribution < 1.29 is 14.0 Å². The van der Waals surface area contributed by atoms with E-state index in [-0.39, 0.29) is 35.6 Å². The zero-order chi connectivity index (χ0) is 21.0. The topological polar surface area (TPSA) is 40.6 Å². The van der Waals surface area contributed by atoms with Gasteiger partial charge < -0.3 is 4.90 Å². The Morgan fingerprint density at radius 3 is 2.13 bits per heavy atom. The fourth-order valence-electron chi connectivity index (χ4n) is 5.75. The number of carbonyl (C=O) groups excluding carboxylic acids is 2. The van der Waals surface area contributed by atoms with Crippen LogP contribution in [0.1, 0.15) is 75.9 Å². The highest BCUT2D eigenvalue weighted by Gasteiger charge is 2.44. The van der Waals surface area contributed by atoms with Crippen molar-refractivity contribution in [3.8, 4) is 0 Å². The highest BCUT2D eigenvalue weighted by molar-refractivity contribution is 5.98. The number of rotatable bonds is 7. The summed E-state index contributed by atoms with van der Waals surface area (Å²) in [5.41, 5.74) is 0.787. The summed E-state index contributed by atoms with van der Waals surface area (Å²) >= 11 is 0. The molecule has 2 aliphatic heterocycles. The first-order valence-electron chi connectivity index (χ1n) is 11.8. The zero-order valence-corrected chi connectivity index (χ0v) is 19.3. The van der Waals surface area contributed by atoms with Gasteiger partial charge in [0.05, 0.1) is 0 Å². The first kappa shape index (κ1) is 24.2. The van der Waals surface area contributed by atoms with Gasteiger partial charge in [-0.15, -0.1) is 12.4 Å². The molecule has 2 amide bonds. The Morgan fingerprint density at radius 2 is 1.52 bits per heavy atom. The molecule has 172 valence electrons. The number of halogens is 2. The molecular weight excluding hydrogens is 415 g/mol. The van der Waals surface area contributed by atoms with Crippen molar-refractivity contribution in [2.24, 2.45) is 11.3 Å². The third-order valence-electron chi connectivity index (χ3n) is 7.59. The predicted octanol–water partition coefficient (Wildman–Crippen LogP) is 5.32. The van der Waals surface area contributed by atoms with Gasteiger partial charge in [0.25, 0.3) is 0 Å². The number of hydrogen-bond donors (Lipinski definition) is 0. The molecule has 1 saturated carbocycles. The number of amides is 2. The zero-order valence-electron chi connectivity index (χ0n) is 18.4. The molecule has 1 aromatic rings. The number of carbonyl (C=O) groups is 2. The van der Waals surface area contributed by atoms with E-state index in [9.17, 15) is 14.0 Å². The Balaban J connectivity index is 0.00000272. The van der Waals surface area contributed by atoms with Crippen LogP contribution < -0.4 is 0 Å². The van der Waals surface area contributed by atoms with Gasteiger partial charge in [0.1, 0.15) is 6.17 Å². The summed E-state index contributed by atoms with van der Waals surface area (Å²) in [5, 5.41) is 0. The fourth-order valence-corrected chi connectivity index (χ4v) is 5.75. The molecule has 4 nitrogen and oxygen atoms in total. The van der Waals surface area contributed by atoms with Crippen LogP contribution in [0.2, 0.25) is 0 Å². The van der Waals surface area contributed by atoms with Crippen LogP contribution in [0, 0.1) is 11.3 Å². The van der Waals surface area contributed by atoms with Crippen molar-refractivity contribution in [2.45, 2.75) is 70.4 Å². The number of likely N-dealkylation sites (tertiary alicyclic amines) is 2. The van der Waals surface area contributed by atoms with Crippen molar-refractivity contribution >= 4 is 24.2 Å². The quantitative estimate of drug-likeness (QED) is 0.417. The minimum Gasteiger partial charge on any atom is -0.303 e. The Kier molecular flexibility index (Phi) is 8.51. The molecule has 0 bridgehead atoms. The smallest absolute Gasteiger partial charge is 0.229 e. The number of alkyl halides is 1. The highest BCUT2D eigenvalue weighted by atomic mass is 35.5. The van der Waals surface area contributed by atoms with Gasteiger partial charge in [-0.2, -0.15) is 0 Å². The Morgan fingerprint density at radius 1 is 0.935 bits per heavy atom. The summed E-state index contributed by atoms with van der Waals surface area (Å²) < 4.78 is 14.8. The maximum Gasteiger partial charge on any atom is 0.229 e. The van der Waals surface area contributed by atoms with Crippen molar-refractivity contribution in [2.75, 3.05) is 26.2 Å². The first-order valence-corrected chi connectivity index (χ1v) is 11.8. The first-order chi connectivity index (χ1) is 14.6. The molecule has 1 atom stereocenters. The normalized spacial score (nSPS) is 23.2. The van der Waals surface area contributed by atoms with Gasteiger partial charge in [-0.25, -0.2) is 4.39 Å². The van der Waals surface area contributed by atoms with Gasteiger partial charge in [-0.05, 0) is 75.1 Å². The van der Waals surface area contributed by atoms with Crippen LogP contribution in [-0.2, 0) is 9.59 Å². The standard InChI is InChI=1S/C25H35FN2O2.ClH/c26-24(20-8-2-1-3-9-20)21-10-16-27(17-11-21)14-6-7-15-28-22(29)18-25(19-23(28)30)12-4-5-13-25;/h1-3,8-9,21,24H,4-7,10-19H2;1H. The third-order valence-corrected chi connectivity index (χ3v) is 7.59. The van der Waals surface area contributed by atoms with Gasteiger partial charge in [0, 0.05) is 19.4 Å². The fraction of sp³-hybridized carbons (Fsp3) is 0.680. The van der Waals surface area contributed by atoms with Gasteiger partial charge in [-0.1, -0.05) is 43.2 Å². The largest absolute Gasteiger partial charge is 0.303 e. The molecule has 2 saturated heterocycles. The van der Waals surface area contributed by atoms with Crippen LogP contribution in [0.4, 0.5) is 4.39 Å². The lowest BCUT2D eigenvalue weighted by Gasteiger charge is -2.37. The molecule has 0 N–H and O–H groups in total. The SMILES string of the molecule is Cl.O=C1CC2(CCCC2)CC(=O)N1CCCCN1CCC(C(F)c2ccccc2)CC1. The molecule has 2 heterocycles. The van der Waals surface area contributed by atoms with Crippen LogP contribution >= 0.6 is 12.4 Å². The van der Waals surface area contributed by atoms with Crippen molar-refractivity contribution in [1.82, 2.24) is 9.80 Å².